The molecule has 0 aromatic carbocycles. The van der Waals surface area contributed by atoms with Crippen molar-refractivity contribution in [3.05, 3.63) is 0 Å². The van der Waals surface area contributed by atoms with E-state index in [9.17, 15) is 0 Å². The van der Waals surface area contributed by atoms with Crippen molar-refractivity contribution in [3.8, 4) is 0 Å². The number of ether oxygens (including phenoxy) is 1. The first-order chi connectivity index (χ1) is 9.72. The van der Waals surface area contributed by atoms with Crippen molar-refractivity contribution >= 4 is 29.9 Å². The first-order valence-electron chi connectivity index (χ1n) is 8.24. The van der Waals surface area contributed by atoms with Gasteiger partial charge in [-0.2, -0.15) is 0 Å². The summed E-state index contributed by atoms with van der Waals surface area (Å²) in [6, 6.07) is 0. The Balaban J connectivity index is 0.00000220. The van der Waals surface area contributed by atoms with Gasteiger partial charge >= 0.3 is 0 Å². The molecule has 0 radical (unpaired) electrons. The van der Waals surface area contributed by atoms with E-state index in [4.69, 9.17) is 4.74 Å². The Morgan fingerprint density at radius 3 is 2.48 bits per heavy atom. The van der Waals surface area contributed by atoms with Gasteiger partial charge in [-0.1, -0.05) is 39.0 Å². The average molecular weight is 409 g/mol. The van der Waals surface area contributed by atoms with Crippen molar-refractivity contribution in [2.45, 2.75) is 51.9 Å². The number of guanidine groups is 1. The van der Waals surface area contributed by atoms with Crippen molar-refractivity contribution in [1.82, 2.24) is 10.6 Å². The lowest BCUT2D eigenvalue weighted by Crippen LogP contribution is -2.51. The molecule has 5 heteroatoms. The van der Waals surface area contributed by atoms with Gasteiger partial charge < -0.3 is 15.4 Å². The van der Waals surface area contributed by atoms with Crippen LogP contribution in [-0.2, 0) is 4.74 Å². The van der Waals surface area contributed by atoms with Crippen LogP contribution >= 0.6 is 24.0 Å². The molecule has 2 rings (SSSR count). The zero-order valence-corrected chi connectivity index (χ0v) is 15.9. The predicted molar refractivity (Wildman–Crippen MR) is 99.5 cm³/mol. The number of nitrogens with one attached hydrogen (secondary N) is 2. The van der Waals surface area contributed by atoms with Crippen molar-refractivity contribution in [1.29, 1.82) is 0 Å². The highest BCUT2D eigenvalue weighted by molar-refractivity contribution is 14.0. The number of aliphatic imine (C=N–C) groups is 1. The molecule has 0 spiro atoms. The third-order valence-corrected chi connectivity index (χ3v) is 4.61. The molecular formula is C16H32IN3O. The highest BCUT2D eigenvalue weighted by atomic mass is 127. The summed E-state index contributed by atoms with van der Waals surface area (Å²) in [5.74, 6) is 1.91. The number of nitrogens with zero attached hydrogens (tertiary/aromatic N) is 1. The highest BCUT2D eigenvalue weighted by Crippen LogP contribution is 2.27. The average Bonchev–Trinajstić information content (AvgIpc) is 2.45. The second-order valence-corrected chi connectivity index (χ2v) is 6.80. The van der Waals surface area contributed by atoms with Gasteiger partial charge in [-0.05, 0) is 18.8 Å². The van der Waals surface area contributed by atoms with E-state index in [2.05, 4.69) is 22.5 Å². The summed E-state index contributed by atoms with van der Waals surface area (Å²) in [6.07, 6.45) is 9.87. The molecular weight excluding hydrogens is 377 g/mol. The number of rotatable bonds is 6. The van der Waals surface area contributed by atoms with E-state index in [1.807, 2.05) is 7.05 Å². The van der Waals surface area contributed by atoms with Gasteiger partial charge in [-0.15, -0.1) is 24.0 Å². The van der Waals surface area contributed by atoms with Crippen LogP contribution in [0.2, 0.25) is 0 Å². The van der Waals surface area contributed by atoms with E-state index < -0.39 is 0 Å². The molecule has 1 saturated carbocycles. The topological polar surface area (TPSA) is 45.7 Å². The van der Waals surface area contributed by atoms with Crippen molar-refractivity contribution in [3.63, 3.8) is 0 Å². The Labute approximate surface area is 146 Å². The molecule has 1 saturated heterocycles. The first kappa shape index (κ1) is 19.0. The van der Waals surface area contributed by atoms with Gasteiger partial charge in [0.1, 0.15) is 0 Å². The maximum Gasteiger partial charge on any atom is 0.190 e. The molecule has 124 valence electrons. The lowest BCUT2D eigenvalue weighted by atomic mass is 9.86. The van der Waals surface area contributed by atoms with Crippen LogP contribution in [0, 0.1) is 11.3 Å². The summed E-state index contributed by atoms with van der Waals surface area (Å²) in [6.45, 7) is 5.94. The molecule has 2 N–H and O–H groups in total. The van der Waals surface area contributed by atoms with Gasteiger partial charge in [0, 0.05) is 25.6 Å². The van der Waals surface area contributed by atoms with Crippen LogP contribution in [0.15, 0.2) is 4.99 Å². The standard InChI is InChI=1S/C16H31N3O.HI/c1-16(12-20-13-16)11-19-15(17-2)18-10-6-9-14-7-4-3-5-8-14;/h14H,3-13H2,1-2H3,(H2,17,18,19);1H. The minimum absolute atomic E-state index is 0. The van der Waals surface area contributed by atoms with E-state index in [0.29, 0.717) is 5.41 Å². The van der Waals surface area contributed by atoms with E-state index >= 15 is 0 Å². The van der Waals surface area contributed by atoms with Crippen LogP contribution in [-0.4, -0.2) is 39.3 Å². The van der Waals surface area contributed by atoms with Gasteiger partial charge in [0.2, 0.25) is 0 Å². The molecule has 2 aliphatic rings. The Kier molecular flexibility index (Phi) is 8.94. The number of halogens is 1. The smallest absolute Gasteiger partial charge is 0.190 e. The van der Waals surface area contributed by atoms with Gasteiger partial charge in [-0.25, -0.2) is 0 Å². The van der Waals surface area contributed by atoms with Crippen LogP contribution in [0.1, 0.15) is 51.9 Å². The van der Waals surface area contributed by atoms with Crippen LogP contribution in [0.4, 0.5) is 0 Å². The zero-order valence-electron chi connectivity index (χ0n) is 13.6. The fraction of sp³-hybridized carbons (Fsp3) is 0.938. The van der Waals surface area contributed by atoms with Gasteiger partial charge in [0.05, 0.1) is 13.2 Å². The Bertz CT molecular complexity index is 313. The van der Waals surface area contributed by atoms with Crippen LogP contribution in [0.5, 0.6) is 0 Å². The number of hydrogen-bond donors (Lipinski definition) is 2. The van der Waals surface area contributed by atoms with Crippen molar-refractivity contribution in [2.75, 3.05) is 33.4 Å². The largest absolute Gasteiger partial charge is 0.380 e. The molecule has 0 atom stereocenters. The van der Waals surface area contributed by atoms with Gasteiger partial charge in [0.15, 0.2) is 5.96 Å². The minimum Gasteiger partial charge on any atom is -0.380 e. The maximum atomic E-state index is 5.27. The lowest BCUT2D eigenvalue weighted by Gasteiger charge is -2.38. The van der Waals surface area contributed by atoms with Gasteiger partial charge in [0.25, 0.3) is 0 Å². The van der Waals surface area contributed by atoms with Crippen molar-refractivity contribution < 1.29 is 4.74 Å². The summed E-state index contributed by atoms with van der Waals surface area (Å²) >= 11 is 0. The van der Waals surface area contributed by atoms with E-state index in [1.165, 1.54) is 44.9 Å². The SMILES string of the molecule is CN=C(NCCCC1CCCCC1)NCC1(C)COC1.I. The summed E-state index contributed by atoms with van der Waals surface area (Å²) in [4.78, 5) is 4.29. The third-order valence-electron chi connectivity index (χ3n) is 4.61. The van der Waals surface area contributed by atoms with Crippen LogP contribution in [0.25, 0.3) is 0 Å². The van der Waals surface area contributed by atoms with Crippen LogP contribution in [0.3, 0.4) is 0 Å². The molecule has 1 aliphatic heterocycles. The molecule has 1 heterocycles. The fourth-order valence-electron chi connectivity index (χ4n) is 3.14. The Morgan fingerprint density at radius 2 is 1.90 bits per heavy atom. The molecule has 4 nitrogen and oxygen atoms in total. The molecule has 21 heavy (non-hydrogen) atoms. The van der Waals surface area contributed by atoms with E-state index in [0.717, 1.165) is 38.2 Å². The normalized spacial score (nSPS) is 22.1. The monoisotopic (exact) mass is 409 g/mol. The Morgan fingerprint density at radius 1 is 1.19 bits per heavy atom. The second kappa shape index (κ2) is 9.87. The molecule has 0 aromatic heterocycles. The van der Waals surface area contributed by atoms with E-state index in [-0.39, 0.29) is 24.0 Å². The van der Waals surface area contributed by atoms with Crippen molar-refractivity contribution in [2.24, 2.45) is 16.3 Å². The molecule has 2 fully saturated rings. The zero-order chi connectivity index (χ0) is 14.3. The number of hydrogen-bond acceptors (Lipinski definition) is 2. The highest BCUT2D eigenvalue weighted by Gasteiger charge is 2.33. The molecule has 0 unspecified atom stereocenters. The molecule has 0 amide bonds. The summed E-state index contributed by atoms with van der Waals surface area (Å²) in [5.41, 5.74) is 0.291. The quantitative estimate of drug-likeness (QED) is 0.307. The Hall–Kier alpha value is -0.0400. The molecule has 0 bridgehead atoms. The summed E-state index contributed by atoms with van der Waals surface area (Å²) in [5, 5.41) is 6.84. The first-order valence-corrected chi connectivity index (χ1v) is 8.24. The summed E-state index contributed by atoms with van der Waals surface area (Å²) < 4.78 is 5.27. The third kappa shape index (κ3) is 6.72. The predicted octanol–water partition coefficient (Wildman–Crippen LogP) is 3.17. The maximum absolute atomic E-state index is 5.27. The van der Waals surface area contributed by atoms with Crippen LogP contribution < -0.4 is 10.6 Å². The van der Waals surface area contributed by atoms with E-state index in [1.54, 1.807) is 0 Å². The lowest BCUT2D eigenvalue weighted by molar-refractivity contribution is -0.0971. The molecule has 1 aliphatic carbocycles. The second-order valence-electron chi connectivity index (χ2n) is 6.80. The fourth-order valence-corrected chi connectivity index (χ4v) is 3.14. The van der Waals surface area contributed by atoms with Gasteiger partial charge in [-0.3, -0.25) is 4.99 Å². The summed E-state index contributed by atoms with van der Waals surface area (Å²) in [7, 11) is 1.84. The minimum atomic E-state index is 0. The molecule has 0 aromatic rings.